The molecule has 0 aliphatic carbocycles. The number of aryl methyl sites for hydroxylation is 1. The minimum Gasteiger partial charge on any atom is -0.381 e. The van der Waals surface area contributed by atoms with E-state index in [2.05, 4.69) is 10.3 Å². The lowest BCUT2D eigenvalue weighted by Crippen LogP contribution is -2.23. The van der Waals surface area contributed by atoms with Gasteiger partial charge in [0.2, 0.25) is 5.91 Å². The van der Waals surface area contributed by atoms with Crippen LogP contribution in [-0.2, 0) is 9.53 Å². The number of amides is 1. The lowest BCUT2D eigenvalue weighted by atomic mass is 10.1. The Balaban J connectivity index is 2.15. The van der Waals surface area contributed by atoms with Crippen LogP contribution in [0.4, 0.5) is 5.69 Å². The van der Waals surface area contributed by atoms with Crippen molar-refractivity contribution in [3.8, 4) is 0 Å². The molecule has 1 aliphatic heterocycles. The molecule has 0 radical (unpaired) electrons. The van der Waals surface area contributed by atoms with Gasteiger partial charge < -0.3 is 10.1 Å². The molecule has 1 aliphatic rings. The van der Waals surface area contributed by atoms with E-state index in [-0.39, 0.29) is 17.0 Å². The first-order valence-electron chi connectivity index (χ1n) is 5.29. The fourth-order valence-electron chi connectivity index (χ4n) is 1.71. The third-order valence-corrected chi connectivity index (χ3v) is 3.16. The van der Waals surface area contributed by atoms with E-state index in [4.69, 9.17) is 27.9 Å². The molecule has 1 aromatic heterocycles. The van der Waals surface area contributed by atoms with E-state index in [0.717, 1.165) is 12.0 Å². The smallest absolute Gasteiger partial charge is 0.229 e. The van der Waals surface area contributed by atoms with Gasteiger partial charge >= 0.3 is 0 Å². The second-order valence-electron chi connectivity index (χ2n) is 3.98. The highest BCUT2D eigenvalue weighted by molar-refractivity contribution is 6.34. The predicted octanol–water partition coefficient (Wildman–Crippen LogP) is 2.67. The molecular formula is C11H12Cl2N2O2. The monoisotopic (exact) mass is 274 g/mol. The van der Waals surface area contributed by atoms with E-state index in [0.29, 0.717) is 24.1 Å². The molecule has 4 nitrogen and oxygen atoms in total. The lowest BCUT2D eigenvalue weighted by Gasteiger charge is -2.12. The summed E-state index contributed by atoms with van der Waals surface area (Å²) in [5, 5.41) is 3.30. The van der Waals surface area contributed by atoms with Crippen LogP contribution in [-0.4, -0.2) is 24.1 Å². The van der Waals surface area contributed by atoms with E-state index in [1.807, 2.05) is 6.92 Å². The number of halogens is 2. The standard InChI is InChI=1S/C11H12Cl2N2O2/c1-6-4-8(12)14-10(13)9(6)15-11(16)7-2-3-17-5-7/h4,7H,2-3,5H2,1H3,(H,15,16). The maximum absolute atomic E-state index is 11.9. The molecule has 2 heterocycles. The van der Waals surface area contributed by atoms with E-state index in [1.54, 1.807) is 6.07 Å². The Labute approximate surface area is 109 Å². The summed E-state index contributed by atoms with van der Waals surface area (Å²) in [5.74, 6) is -0.197. The van der Waals surface area contributed by atoms with Crippen LogP contribution in [0, 0.1) is 12.8 Å². The molecule has 1 unspecified atom stereocenters. The fourth-order valence-corrected chi connectivity index (χ4v) is 2.29. The van der Waals surface area contributed by atoms with Crippen LogP contribution in [0.15, 0.2) is 6.07 Å². The zero-order chi connectivity index (χ0) is 12.4. The summed E-state index contributed by atoms with van der Waals surface area (Å²) in [6.07, 6.45) is 0.740. The Bertz CT molecular complexity index is 422. The summed E-state index contributed by atoms with van der Waals surface area (Å²) >= 11 is 11.7. The van der Waals surface area contributed by atoms with Crippen molar-refractivity contribution < 1.29 is 9.53 Å². The quantitative estimate of drug-likeness (QED) is 0.844. The van der Waals surface area contributed by atoms with Gasteiger partial charge in [0.25, 0.3) is 0 Å². The van der Waals surface area contributed by atoms with Crippen molar-refractivity contribution >= 4 is 34.8 Å². The van der Waals surface area contributed by atoms with Gasteiger partial charge in [-0.1, -0.05) is 23.2 Å². The Morgan fingerprint density at radius 3 is 2.94 bits per heavy atom. The number of anilines is 1. The summed E-state index contributed by atoms with van der Waals surface area (Å²) in [6.45, 7) is 2.91. The van der Waals surface area contributed by atoms with Gasteiger partial charge in [0.1, 0.15) is 5.15 Å². The fraction of sp³-hybridized carbons (Fsp3) is 0.455. The maximum atomic E-state index is 11.9. The molecule has 1 atom stereocenters. The summed E-state index contributed by atoms with van der Waals surface area (Å²) in [6, 6.07) is 1.66. The minimum absolute atomic E-state index is 0.0865. The minimum atomic E-state index is -0.110. The van der Waals surface area contributed by atoms with Crippen molar-refractivity contribution in [3.05, 3.63) is 21.9 Å². The zero-order valence-electron chi connectivity index (χ0n) is 9.30. The number of nitrogens with one attached hydrogen (secondary N) is 1. The van der Waals surface area contributed by atoms with Crippen molar-refractivity contribution in [3.63, 3.8) is 0 Å². The van der Waals surface area contributed by atoms with Crippen molar-refractivity contribution in [2.75, 3.05) is 18.5 Å². The highest BCUT2D eigenvalue weighted by Gasteiger charge is 2.24. The van der Waals surface area contributed by atoms with Crippen molar-refractivity contribution in [1.82, 2.24) is 4.98 Å². The zero-order valence-corrected chi connectivity index (χ0v) is 10.8. The Kier molecular flexibility index (Phi) is 3.86. The van der Waals surface area contributed by atoms with Crippen molar-refractivity contribution in [1.29, 1.82) is 0 Å². The van der Waals surface area contributed by atoms with E-state index in [9.17, 15) is 4.79 Å². The first kappa shape index (κ1) is 12.6. The topological polar surface area (TPSA) is 51.2 Å². The van der Waals surface area contributed by atoms with Crippen molar-refractivity contribution in [2.24, 2.45) is 5.92 Å². The van der Waals surface area contributed by atoms with Crippen LogP contribution in [0.1, 0.15) is 12.0 Å². The molecule has 1 fully saturated rings. The van der Waals surface area contributed by atoms with E-state index in [1.165, 1.54) is 0 Å². The average Bonchev–Trinajstić information content (AvgIpc) is 2.76. The first-order chi connectivity index (χ1) is 8.08. The molecule has 0 aromatic carbocycles. The molecule has 2 rings (SSSR count). The summed E-state index contributed by atoms with van der Waals surface area (Å²) < 4.78 is 5.16. The van der Waals surface area contributed by atoms with Crippen LogP contribution >= 0.6 is 23.2 Å². The molecule has 92 valence electrons. The first-order valence-corrected chi connectivity index (χ1v) is 6.05. The molecular weight excluding hydrogens is 263 g/mol. The van der Waals surface area contributed by atoms with Gasteiger partial charge in [-0.3, -0.25) is 4.79 Å². The predicted molar refractivity (Wildman–Crippen MR) is 66.5 cm³/mol. The van der Waals surface area contributed by atoms with Crippen molar-refractivity contribution in [2.45, 2.75) is 13.3 Å². The van der Waals surface area contributed by atoms with Crippen LogP contribution in [0.2, 0.25) is 10.3 Å². The van der Waals surface area contributed by atoms with Gasteiger partial charge in [-0.15, -0.1) is 0 Å². The third-order valence-electron chi connectivity index (χ3n) is 2.69. The molecule has 0 spiro atoms. The third kappa shape index (κ3) is 2.89. The molecule has 17 heavy (non-hydrogen) atoms. The maximum Gasteiger partial charge on any atom is 0.229 e. The molecule has 0 saturated carbocycles. The van der Waals surface area contributed by atoms with E-state index < -0.39 is 0 Å². The second kappa shape index (κ2) is 5.21. The Morgan fingerprint density at radius 1 is 1.59 bits per heavy atom. The Hall–Kier alpha value is -0.840. The summed E-state index contributed by atoms with van der Waals surface area (Å²) in [5.41, 5.74) is 1.32. The van der Waals surface area contributed by atoms with Gasteiger partial charge in [0.15, 0.2) is 5.15 Å². The number of pyridine rings is 1. The highest BCUT2D eigenvalue weighted by Crippen LogP contribution is 2.27. The van der Waals surface area contributed by atoms with Crippen LogP contribution < -0.4 is 5.32 Å². The van der Waals surface area contributed by atoms with Gasteiger partial charge in [-0.2, -0.15) is 0 Å². The van der Waals surface area contributed by atoms with E-state index >= 15 is 0 Å². The number of rotatable bonds is 2. The van der Waals surface area contributed by atoms with Gasteiger partial charge in [-0.05, 0) is 25.0 Å². The van der Waals surface area contributed by atoms with Gasteiger partial charge in [-0.25, -0.2) is 4.98 Å². The number of ether oxygens (including phenoxy) is 1. The molecule has 0 bridgehead atoms. The number of aromatic nitrogens is 1. The van der Waals surface area contributed by atoms with Crippen LogP contribution in [0.25, 0.3) is 0 Å². The average molecular weight is 275 g/mol. The highest BCUT2D eigenvalue weighted by atomic mass is 35.5. The lowest BCUT2D eigenvalue weighted by molar-refractivity contribution is -0.119. The number of hydrogen-bond acceptors (Lipinski definition) is 3. The summed E-state index contributed by atoms with van der Waals surface area (Å²) in [4.78, 5) is 15.8. The largest absolute Gasteiger partial charge is 0.381 e. The number of nitrogens with zero attached hydrogens (tertiary/aromatic N) is 1. The molecule has 1 saturated heterocycles. The molecule has 6 heteroatoms. The number of hydrogen-bond donors (Lipinski definition) is 1. The van der Waals surface area contributed by atoms with Crippen LogP contribution in [0.5, 0.6) is 0 Å². The number of carbonyl (C=O) groups excluding carboxylic acids is 1. The molecule has 1 aromatic rings. The molecule has 1 amide bonds. The number of carbonyl (C=O) groups is 1. The SMILES string of the molecule is Cc1cc(Cl)nc(Cl)c1NC(=O)C1CCOC1. The van der Waals surface area contributed by atoms with Crippen LogP contribution in [0.3, 0.4) is 0 Å². The molecule has 1 N–H and O–H groups in total. The van der Waals surface area contributed by atoms with Gasteiger partial charge in [0.05, 0.1) is 18.2 Å². The normalized spacial score (nSPS) is 19.4. The second-order valence-corrected chi connectivity index (χ2v) is 4.72. The summed E-state index contributed by atoms with van der Waals surface area (Å²) in [7, 11) is 0. The van der Waals surface area contributed by atoms with Gasteiger partial charge in [0, 0.05) is 6.61 Å². The Morgan fingerprint density at radius 2 is 2.35 bits per heavy atom.